The van der Waals surface area contributed by atoms with Crippen LogP contribution in [0.25, 0.3) is 0 Å². The molecule has 1 saturated carbocycles. The van der Waals surface area contributed by atoms with E-state index in [2.05, 4.69) is 16.0 Å². The van der Waals surface area contributed by atoms with E-state index in [0.717, 1.165) is 29.8 Å². The molecule has 0 aliphatic heterocycles. The van der Waals surface area contributed by atoms with E-state index in [1.54, 1.807) is 0 Å². The monoisotopic (exact) mass is 299 g/mol. The Morgan fingerprint density at radius 3 is 2.62 bits per heavy atom. The second-order valence-corrected chi connectivity index (χ2v) is 5.52. The molecule has 0 saturated heterocycles. The Bertz CT molecular complexity index is 703. The minimum Gasteiger partial charge on any atom is -0.439 e. The van der Waals surface area contributed by atoms with Gasteiger partial charge in [0.25, 0.3) is 0 Å². The van der Waals surface area contributed by atoms with Crippen molar-refractivity contribution in [3.05, 3.63) is 46.4 Å². The second kappa shape index (κ2) is 5.71. The molecule has 0 radical (unpaired) electrons. The molecule has 1 heterocycles. The first kappa shape index (κ1) is 13.8. The lowest BCUT2D eigenvalue weighted by Gasteiger charge is -2.10. The first-order chi connectivity index (χ1) is 10.2. The summed E-state index contributed by atoms with van der Waals surface area (Å²) in [5, 5.41) is 9.11. The van der Waals surface area contributed by atoms with Gasteiger partial charge in [-0.2, -0.15) is 10.2 Å². The van der Waals surface area contributed by atoms with Crippen LogP contribution in [0.3, 0.4) is 0 Å². The maximum Gasteiger partial charge on any atom is 0.226 e. The highest BCUT2D eigenvalue weighted by Crippen LogP contribution is 2.40. The molecule has 106 valence electrons. The molecule has 5 heteroatoms. The van der Waals surface area contributed by atoms with Crippen molar-refractivity contribution in [1.82, 2.24) is 9.97 Å². The lowest BCUT2D eigenvalue weighted by molar-refractivity contribution is 0.454. The van der Waals surface area contributed by atoms with Gasteiger partial charge in [-0.25, -0.2) is 4.98 Å². The fourth-order valence-electron chi connectivity index (χ4n) is 1.99. The molecule has 1 aromatic heterocycles. The molecule has 1 fully saturated rings. The van der Waals surface area contributed by atoms with Crippen molar-refractivity contribution in [2.75, 3.05) is 0 Å². The second-order valence-electron chi connectivity index (χ2n) is 5.16. The van der Waals surface area contributed by atoms with Gasteiger partial charge in [0.05, 0.1) is 12.5 Å². The zero-order chi connectivity index (χ0) is 14.8. The molecule has 2 aromatic rings. The van der Waals surface area contributed by atoms with Gasteiger partial charge in [0, 0.05) is 11.5 Å². The minimum atomic E-state index is 0.393. The smallest absolute Gasteiger partial charge is 0.226 e. The Morgan fingerprint density at radius 2 is 2.00 bits per heavy atom. The first-order valence-electron chi connectivity index (χ1n) is 6.85. The van der Waals surface area contributed by atoms with E-state index in [9.17, 15) is 0 Å². The first-order valence-corrected chi connectivity index (χ1v) is 7.23. The third kappa shape index (κ3) is 3.14. The summed E-state index contributed by atoms with van der Waals surface area (Å²) in [7, 11) is 0. The fraction of sp³-hybridized carbons (Fsp3) is 0.312. The Balaban J connectivity index is 1.85. The van der Waals surface area contributed by atoms with Crippen LogP contribution < -0.4 is 4.74 Å². The number of rotatable bonds is 4. The molecule has 0 amide bonds. The van der Waals surface area contributed by atoms with Crippen LogP contribution in [-0.2, 0) is 6.42 Å². The summed E-state index contributed by atoms with van der Waals surface area (Å²) in [5.74, 6) is 2.37. The van der Waals surface area contributed by atoms with Gasteiger partial charge in [0.2, 0.25) is 5.88 Å². The number of halogens is 1. The van der Waals surface area contributed by atoms with E-state index < -0.39 is 0 Å². The summed E-state index contributed by atoms with van der Waals surface area (Å²) in [6.07, 6.45) is 2.62. The molecule has 0 spiro atoms. The number of benzene rings is 1. The van der Waals surface area contributed by atoms with E-state index in [-0.39, 0.29) is 0 Å². The predicted octanol–water partition coefficient (Wildman–Crippen LogP) is 4.17. The van der Waals surface area contributed by atoms with Crippen LogP contribution in [0, 0.1) is 18.3 Å². The number of aromatic nitrogens is 2. The molecule has 1 aliphatic rings. The number of hydrogen-bond acceptors (Lipinski definition) is 4. The van der Waals surface area contributed by atoms with Crippen LogP contribution in [0.1, 0.15) is 35.7 Å². The van der Waals surface area contributed by atoms with E-state index in [1.165, 1.54) is 0 Å². The molecular weight excluding hydrogens is 286 g/mol. The summed E-state index contributed by atoms with van der Waals surface area (Å²) < 4.78 is 5.82. The third-order valence-electron chi connectivity index (χ3n) is 3.42. The summed E-state index contributed by atoms with van der Waals surface area (Å²) in [6.45, 7) is 1.85. The van der Waals surface area contributed by atoms with Gasteiger partial charge in [-0.15, -0.1) is 0 Å². The highest BCUT2D eigenvalue weighted by atomic mass is 35.5. The van der Waals surface area contributed by atoms with Crippen molar-refractivity contribution < 1.29 is 4.74 Å². The molecule has 0 N–H and O–H groups in total. The van der Waals surface area contributed by atoms with Gasteiger partial charge in [-0.05, 0) is 37.5 Å². The van der Waals surface area contributed by atoms with Crippen LogP contribution in [0.4, 0.5) is 0 Å². The third-order valence-corrected chi connectivity index (χ3v) is 3.79. The highest BCUT2D eigenvalue weighted by Gasteiger charge is 2.28. The van der Waals surface area contributed by atoms with Crippen molar-refractivity contribution in [2.24, 2.45) is 0 Å². The zero-order valence-corrected chi connectivity index (χ0v) is 12.4. The van der Waals surface area contributed by atoms with E-state index in [1.807, 2.05) is 31.2 Å². The topological polar surface area (TPSA) is 58.8 Å². The van der Waals surface area contributed by atoms with Crippen molar-refractivity contribution in [3.63, 3.8) is 0 Å². The van der Waals surface area contributed by atoms with Crippen LogP contribution in [-0.4, -0.2) is 9.97 Å². The van der Waals surface area contributed by atoms with Crippen LogP contribution in [0.15, 0.2) is 24.3 Å². The van der Waals surface area contributed by atoms with Crippen molar-refractivity contribution in [2.45, 2.75) is 32.1 Å². The summed E-state index contributed by atoms with van der Waals surface area (Å²) in [6, 6.07) is 9.53. The van der Waals surface area contributed by atoms with Crippen LogP contribution in [0.2, 0.25) is 5.15 Å². The lowest BCUT2D eigenvalue weighted by atomic mass is 10.2. The van der Waals surface area contributed by atoms with E-state index >= 15 is 0 Å². The Labute approximate surface area is 128 Å². The predicted molar refractivity (Wildman–Crippen MR) is 79.6 cm³/mol. The molecule has 3 rings (SSSR count). The average molecular weight is 300 g/mol. The summed E-state index contributed by atoms with van der Waals surface area (Å²) in [4.78, 5) is 8.79. The molecule has 0 atom stereocenters. The molecule has 1 aliphatic carbocycles. The minimum absolute atomic E-state index is 0.393. The van der Waals surface area contributed by atoms with Gasteiger partial charge < -0.3 is 4.74 Å². The Kier molecular flexibility index (Phi) is 3.76. The van der Waals surface area contributed by atoms with Crippen molar-refractivity contribution in [3.8, 4) is 17.7 Å². The normalized spacial score (nSPS) is 13.8. The van der Waals surface area contributed by atoms with Gasteiger partial charge in [0.1, 0.15) is 16.7 Å². The molecule has 0 unspecified atom stereocenters. The van der Waals surface area contributed by atoms with Crippen LogP contribution >= 0.6 is 11.6 Å². The molecular formula is C16H14ClN3O. The number of ether oxygens (including phenoxy) is 1. The summed E-state index contributed by atoms with van der Waals surface area (Å²) >= 11 is 6.16. The van der Waals surface area contributed by atoms with Gasteiger partial charge >= 0.3 is 0 Å². The van der Waals surface area contributed by atoms with Crippen molar-refractivity contribution in [1.29, 1.82) is 5.26 Å². The maximum atomic E-state index is 8.67. The quantitative estimate of drug-likeness (QED) is 0.795. The van der Waals surface area contributed by atoms with E-state index in [4.69, 9.17) is 21.6 Å². The molecule has 1 aromatic carbocycles. The highest BCUT2D eigenvalue weighted by molar-refractivity contribution is 6.30. The van der Waals surface area contributed by atoms with Gasteiger partial charge in [-0.1, -0.05) is 23.7 Å². The maximum absolute atomic E-state index is 8.67. The SMILES string of the molecule is Cc1c(Cl)nc(C2CC2)nc1Oc1ccc(CC#N)cc1. The number of nitriles is 1. The largest absolute Gasteiger partial charge is 0.439 e. The Morgan fingerprint density at radius 1 is 1.29 bits per heavy atom. The molecule has 21 heavy (non-hydrogen) atoms. The van der Waals surface area contributed by atoms with Gasteiger partial charge in [0.15, 0.2) is 0 Å². The Hall–Kier alpha value is -2.12. The van der Waals surface area contributed by atoms with E-state index in [0.29, 0.717) is 29.1 Å². The zero-order valence-electron chi connectivity index (χ0n) is 11.6. The molecule has 4 nitrogen and oxygen atoms in total. The summed E-state index contributed by atoms with van der Waals surface area (Å²) in [5.41, 5.74) is 1.70. The van der Waals surface area contributed by atoms with Crippen molar-refractivity contribution >= 4 is 11.6 Å². The fourth-order valence-corrected chi connectivity index (χ4v) is 2.15. The number of nitrogens with zero attached hydrogens (tertiary/aromatic N) is 3. The van der Waals surface area contributed by atoms with Crippen LogP contribution in [0.5, 0.6) is 11.6 Å². The molecule has 0 bridgehead atoms. The standard InChI is InChI=1S/C16H14ClN3O/c1-10-14(17)19-15(12-4-5-12)20-16(10)21-13-6-2-11(3-7-13)8-9-18/h2-3,6-7,12H,4-5,8H2,1H3. The lowest BCUT2D eigenvalue weighted by Crippen LogP contribution is -2.00. The number of hydrogen-bond donors (Lipinski definition) is 0. The van der Waals surface area contributed by atoms with Gasteiger partial charge in [-0.3, -0.25) is 0 Å². The average Bonchev–Trinajstić information content (AvgIpc) is 3.30.